The Hall–Kier alpha value is -1.34. The maximum Gasteiger partial charge on any atom is 0.332 e. The van der Waals surface area contributed by atoms with Crippen LogP contribution in [0.3, 0.4) is 0 Å². The summed E-state index contributed by atoms with van der Waals surface area (Å²) in [6, 6.07) is -0.164. The van der Waals surface area contributed by atoms with Crippen molar-refractivity contribution in [3.63, 3.8) is 0 Å². The van der Waals surface area contributed by atoms with Gasteiger partial charge in [-0.25, -0.2) is 9.59 Å². The highest BCUT2D eigenvalue weighted by Gasteiger charge is 2.30. The molecule has 2 unspecified atom stereocenters. The summed E-state index contributed by atoms with van der Waals surface area (Å²) >= 11 is 0. The van der Waals surface area contributed by atoms with Gasteiger partial charge in [0.1, 0.15) is 0 Å². The average molecular weight is 302 g/mol. The zero-order chi connectivity index (χ0) is 15.8. The van der Waals surface area contributed by atoms with Crippen LogP contribution in [0.2, 0.25) is 0 Å². The maximum absolute atomic E-state index is 12.1. The molecule has 2 amide bonds. The summed E-state index contributed by atoms with van der Waals surface area (Å²) in [6.45, 7) is 6.10. The number of nitrogens with one attached hydrogen (secondary N) is 1. The van der Waals surface area contributed by atoms with Gasteiger partial charge in [-0.05, 0) is 18.8 Å². The topological polar surface area (TPSA) is 88.1 Å². The Morgan fingerprint density at radius 3 is 2.67 bits per heavy atom. The van der Waals surface area contributed by atoms with Gasteiger partial charge in [0, 0.05) is 26.7 Å². The maximum atomic E-state index is 12.1. The van der Waals surface area contributed by atoms with Crippen molar-refractivity contribution in [1.29, 1.82) is 0 Å². The van der Waals surface area contributed by atoms with Crippen molar-refractivity contribution in [2.75, 3.05) is 33.4 Å². The van der Waals surface area contributed by atoms with Gasteiger partial charge in [-0.1, -0.05) is 13.8 Å². The molecule has 0 saturated carbocycles. The zero-order valence-electron chi connectivity index (χ0n) is 13.0. The average Bonchev–Trinajstić information content (AvgIpc) is 2.89. The van der Waals surface area contributed by atoms with E-state index in [0.29, 0.717) is 45.0 Å². The number of carboxylic acid groups (broad SMARTS) is 1. The molecule has 0 aliphatic carbocycles. The molecule has 1 rings (SSSR count). The van der Waals surface area contributed by atoms with E-state index in [0.717, 1.165) is 0 Å². The Morgan fingerprint density at radius 1 is 1.43 bits per heavy atom. The van der Waals surface area contributed by atoms with E-state index in [-0.39, 0.29) is 12.1 Å². The number of hydrogen-bond acceptors (Lipinski definition) is 4. The Morgan fingerprint density at radius 2 is 2.14 bits per heavy atom. The van der Waals surface area contributed by atoms with E-state index in [9.17, 15) is 9.59 Å². The van der Waals surface area contributed by atoms with E-state index in [1.165, 1.54) is 0 Å². The van der Waals surface area contributed by atoms with Crippen LogP contribution in [0.1, 0.15) is 26.7 Å². The van der Waals surface area contributed by atoms with Crippen molar-refractivity contribution in [3.8, 4) is 0 Å². The summed E-state index contributed by atoms with van der Waals surface area (Å²) in [7, 11) is 1.60. The highest BCUT2D eigenvalue weighted by atomic mass is 16.5. The summed E-state index contributed by atoms with van der Waals surface area (Å²) in [5, 5.41) is 11.7. The van der Waals surface area contributed by atoms with Crippen LogP contribution in [0.5, 0.6) is 0 Å². The molecule has 21 heavy (non-hydrogen) atoms. The van der Waals surface area contributed by atoms with Crippen LogP contribution in [0.25, 0.3) is 0 Å². The molecule has 0 bridgehead atoms. The first-order valence-corrected chi connectivity index (χ1v) is 7.34. The highest BCUT2D eigenvalue weighted by molar-refractivity contribution is 5.74. The van der Waals surface area contributed by atoms with Crippen molar-refractivity contribution in [3.05, 3.63) is 0 Å². The molecule has 1 fully saturated rings. The highest BCUT2D eigenvalue weighted by Crippen LogP contribution is 2.19. The molecule has 2 N–H and O–H groups in total. The fraction of sp³-hybridized carbons (Fsp3) is 0.857. The number of aliphatic carboxylic acids is 1. The van der Waals surface area contributed by atoms with Gasteiger partial charge in [0.25, 0.3) is 0 Å². The molecule has 122 valence electrons. The van der Waals surface area contributed by atoms with Gasteiger partial charge in [0.15, 0.2) is 6.10 Å². The van der Waals surface area contributed by atoms with Crippen LogP contribution < -0.4 is 5.32 Å². The third kappa shape index (κ3) is 6.31. The number of urea groups is 1. The quantitative estimate of drug-likeness (QED) is 0.696. The largest absolute Gasteiger partial charge is 0.479 e. The van der Waals surface area contributed by atoms with Crippen molar-refractivity contribution in [2.45, 2.75) is 38.9 Å². The summed E-state index contributed by atoms with van der Waals surface area (Å²) in [5.74, 6) is -0.572. The van der Waals surface area contributed by atoms with Gasteiger partial charge >= 0.3 is 12.0 Å². The fourth-order valence-electron chi connectivity index (χ4n) is 2.27. The Balaban J connectivity index is 2.37. The molecule has 1 aliphatic heterocycles. The SMILES string of the molecule is COCCN(CC(C)C)C(=O)NCC1CCC(C(=O)O)O1. The predicted molar refractivity (Wildman–Crippen MR) is 77.2 cm³/mol. The summed E-state index contributed by atoms with van der Waals surface area (Å²) in [6.07, 6.45) is 0.180. The second kappa shape index (κ2) is 8.84. The molecule has 1 heterocycles. The van der Waals surface area contributed by atoms with Crippen LogP contribution in [-0.2, 0) is 14.3 Å². The van der Waals surface area contributed by atoms with E-state index >= 15 is 0 Å². The molecular formula is C14H26N2O5. The lowest BCUT2D eigenvalue weighted by molar-refractivity contribution is -0.149. The van der Waals surface area contributed by atoms with Gasteiger partial charge in [0.05, 0.1) is 12.7 Å². The molecule has 2 atom stereocenters. The number of rotatable bonds is 8. The number of carboxylic acids is 1. The lowest BCUT2D eigenvalue weighted by Gasteiger charge is -2.25. The van der Waals surface area contributed by atoms with E-state index in [4.69, 9.17) is 14.6 Å². The summed E-state index contributed by atoms with van der Waals surface area (Å²) < 4.78 is 10.4. The third-order valence-corrected chi connectivity index (χ3v) is 3.30. The van der Waals surface area contributed by atoms with Gasteiger partial charge in [-0.3, -0.25) is 0 Å². The summed E-state index contributed by atoms with van der Waals surface area (Å²) in [4.78, 5) is 24.6. The zero-order valence-corrected chi connectivity index (χ0v) is 13.0. The first-order chi connectivity index (χ1) is 9.93. The minimum absolute atomic E-state index is 0.164. The number of hydrogen-bond donors (Lipinski definition) is 2. The molecule has 0 aromatic rings. The second-order valence-corrected chi connectivity index (χ2v) is 5.68. The van der Waals surface area contributed by atoms with Crippen molar-refractivity contribution in [2.24, 2.45) is 5.92 Å². The second-order valence-electron chi connectivity index (χ2n) is 5.68. The van der Waals surface area contributed by atoms with Crippen LogP contribution in [0.15, 0.2) is 0 Å². The van der Waals surface area contributed by atoms with Gasteiger partial charge < -0.3 is 24.8 Å². The Bertz CT molecular complexity index is 348. The third-order valence-electron chi connectivity index (χ3n) is 3.30. The van der Waals surface area contributed by atoms with E-state index in [1.54, 1.807) is 12.0 Å². The van der Waals surface area contributed by atoms with Crippen LogP contribution in [0, 0.1) is 5.92 Å². The van der Waals surface area contributed by atoms with Crippen molar-refractivity contribution < 1.29 is 24.2 Å². The molecule has 7 heteroatoms. The monoisotopic (exact) mass is 302 g/mol. The van der Waals surface area contributed by atoms with Gasteiger partial charge in [0.2, 0.25) is 0 Å². The lowest BCUT2D eigenvalue weighted by Crippen LogP contribution is -2.45. The standard InChI is InChI=1S/C14H26N2O5/c1-10(2)9-16(6-7-20-3)14(19)15-8-11-4-5-12(21-11)13(17)18/h10-12H,4-9H2,1-3H3,(H,15,19)(H,17,18). The Labute approximate surface area is 125 Å². The summed E-state index contributed by atoms with van der Waals surface area (Å²) in [5.41, 5.74) is 0. The Kier molecular flexibility index (Phi) is 7.45. The van der Waals surface area contributed by atoms with E-state index in [1.807, 2.05) is 13.8 Å². The number of carbonyl (C=O) groups excluding carboxylic acids is 1. The van der Waals surface area contributed by atoms with Crippen LogP contribution in [0.4, 0.5) is 4.79 Å². The molecule has 0 aromatic carbocycles. The van der Waals surface area contributed by atoms with E-state index in [2.05, 4.69) is 5.32 Å². The molecule has 1 saturated heterocycles. The first-order valence-electron chi connectivity index (χ1n) is 7.34. The number of methoxy groups -OCH3 is 1. The lowest BCUT2D eigenvalue weighted by atomic mass is 10.2. The molecule has 0 radical (unpaired) electrons. The minimum Gasteiger partial charge on any atom is -0.479 e. The number of carbonyl (C=O) groups is 2. The predicted octanol–water partition coefficient (Wildman–Crippen LogP) is 0.933. The van der Waals surface area contributed by atoms with Crippen LogP contribution >= 0.6 is 0 Å². The van der Waals surface area contributed by atoms with Gasteiger partial charge in [-0.2, -0.15) is 0 Å². The fourth-order valence-corrected chi connectivity index (χ4v) is 2.27. The number of amides is 2. The molecular weight excluding hydrogens is 276 g/mol. The normalized spacial score (nSPS) is 21.5. The molecule has 0 spiro atoms. The van der Waals surface area contributed by atoms with E-state index < -0.39 is 12.1 Å². The number of nitrogens with zero attached hydrogens (tertiary/aromatic N) is 1. The first kappa shape index (κ1) is 17.7. The minimum atomic E-state index is -0.939. The number of ether oxygens (including phenoxy) is 2. The molecule has 7 nitrogen and oxygen atoms in total. The van der Waals surface area contributed by atoms with Crippen LogP contribution in [-0.4, -0.2) is 67.6 Å². The molecule has 0 aromatic heterocycles. The van der Waals surface area contributed by atoms with Gasteiger partial charge in [-0.15, -0.1) is 0 Å². The molecule has 1 aliphatic rings. The van der Waals surface area contributed by atoms with Crippen molar-refractivity contribution in [1.82, 2.24) is 10.2 Å². The van der Waals surface area contributed by atoms with Crippen molar-refractivity contribution >= 4 is 12.0 Å². The smallest absolute Gasteiger partial charge is 0.332 e.